The Hall–Kier alpha value is -0.360. The number of ether oxygens (including phenoxy) is 1. The second-order valence-corrected chi connectivity index (χ2v) is 6.51. The summed E-state index contributed by atoms with van der Waals surface area (Å²) in [4.78, 5) is 1.15. The molecule has 96 valence electrons. The lowest BCUT2D eigenvalue weighted by Crippen LogP contribution is -2.01. The van der Waals surface area contributed by atoms with Crippen molar-refractivity contribution in [1.29, 1.82) is 0 Å². The van der Waals surface area contributed by atoms with Crippen LogP contribution >= 0.6 is 43.2 Å². The normalized spacial score (nSPS) is 12.4. The number of aliphatic hydroxyl groups excluding tert-OH is 1. The van der Waals surface area contributed by atoms with Crippen LogP contribution in [0.3, 0.4) is 0 Å². The molecule has 2 aromatic rings. The van der Waals surface area contributed by atoms with Crippen LogP contribution in [-0.4, -0.2) is 12.2 Å². The van der Waals surface area contributed by atoms with E-state index in [9.17, 15) is 5.11 Å². The zero-order valence-electron chi connectivity index (χ0n) is 9.69. The summed E-state index contributed by atoms with van der Waals surface area (Å²) in [6, 6.07) is 7.63. The van der Waals surface area contributed by atoms with Gasteiger partial charge in [0.05, 0.1) is 17.7 Å². The largest absolute Gasteiger partial charge is 0.496 e. The number of halogens is 2. The first-order chi connectivity index (χ1) is 8.61. The lowest BCUT2D eigenvalue weighted by atomic mass is 10.1. The fourth-order valence-electron chi connectivity index (χ4n) is 1.65. The van der Waals surface area contributed by atoms with E-state index in [2.05, 4.69) is 31.9 Å². The van der Waals surface area contributed by atoms with Gasteiger partial charge in [-0.3, -0.25) is 0 Å². The first-order valence-corrected chi connectivity index (χ1v) is 7.81. The molecule has 1 aromatic carbocycles. The van der Waals surface area contributed by atoms with E-state index >= 15 is 0 Å². The van der Waals surface area contributed by atoms with E-state index in [1.54, 1.807) is 18.4 Å². The van der Waals surface area contributed by atoms with Crippen LogP contribution in [0.1, 0.15) is 16.5 Å². The Morgan fingerprint density at radius 1 is 1.28 bits per heavy atom. The number of rotatable bonds is 4. The van der Waals surface area contributed by atoms with Gasteiger partial charge in [-0.1, -0.05) is 6.07 Å². The number of thiophene rings is 1. The minimum Gasteiger partial charge on any atom is -0.496 e. The Kier molecular flexibility index (Phi) is 4.84. The van der Waals surface area contributed by atoms with Gasteiger partial charge in [0.25, 0.3) is 0 Å². The molecule has 1 unspecified atom stereocenters. The highest BCUT2D eigenvalue weighted by Crippen LogP contribution is 2.31. The van der Waals surface area contributed by atoms with Crippen molar-refractivity contribution < 1.29 is 9.84 Å². The number of benzene rings is 1. The smallest absolute Gasteiger partial charge is 0.133 e. The van der Waals surface area contributed by atoms with E-state index in [4.69, 9.17) is 4.74 Å². The number of hydrogen-bond donors (Lipinski definition) is 1. The van der Waals surface area contributed by atoms with Crippen molar-refractivity contribution in [2.24, 2.45) is 0 Å². The summed E-state index contributed by atoms with van der Waals surface area (Å²) in [7, 11) is 1.62. The van der Waals surface area contributed by atoms with Crippen LogP contribution in [0.15, 0.2) is 38.6 Å². The highest BCUT2D eigenvalue weighted by Gasteiger charge is 2.13. The maximum Gasteiger partial charge on any atom is 0.133 e. The summed E-state index contributed by atoms with van der Waals surface area (Å²) in [6.07, 6.45) is 0.0963. The fourth-order valence-corrected chi connectivity index (χ4v) is 3.76. The molecule has 0 saturated carbocycles. The van der Waals surface area contributed by atoms with Gasteiger partial charge in [-0.25, -0.2) is 0 Å². The predicted molar refractivity (Wildman–Crippen MR) is 81.4 cm³/mol. The highest BCUT2D eigenvalue weighted by atomic mass is 79.9. The van der Waals surface area contributed by atoms with E-state index < -0.39 is 6.10 Å². The molecule has 0 amide bonds. The molecule has 0 aliphatic carbocycles. The number of hydrogen-bond acceptors (Lipinski definition) is 3. The average molecular weight is 392 g/mol. The number of aliphatic hydroxyl groups is 1. The molecule has 1 heterocycles. The van der Waals surface area contributed by atoms with E-state index in [0.717, 1.165) is 25.1 Å². The predicted octanol–water partition coefficient (Wildman–Crippen LogP) is 4.56. The second-order valence-electron chi connectivity index (χ2n) is 3.81. The summed E-state index contributed by atoms with van der Waals surface area (Å²) in [6.45, 7) is 0. The number of methoxy groups -OCH3 is 1. The minimum atomic E-state index is -0.512. The monoisotopic (exact) mass is 390 g/mol. The molecule has 0 aliphatic rings. The molecule has 2 rings (SSSR count). The Morgan fingerprint density at radius 2 is 2.06 bits per heavy atom. The van der Waals surface area contributed by atoms with Gasteiger partial charge >= 0.3 is 0 Å². The molecule has 18 heavy (non-hydrogen) atoms. The Labute approximate surface area is 127 Å². The molecule has 1 N–H and O–H groups in total. The summed E-state index contributed by atoms with van der Waals surface area (Å²) >= 11 is 8.54. The van der Waals surface area contributed by atoms with Gasteiger partial charge in [0.15, 0.2) is 0 Å². The van der Waals surface area contributed by atoms with Crippen molar-refractivity contribution in [3.05, 3.63) is 49.0 Å². The van der Waals surface area contributed by atoms with Crippen molar-refractivity contribution in [3.63, 3.8) is 0 Å². The lowest BCUT2D eigenvalue weighted by molar-refractivity contribution is 0.179. The SMILES string of the molecule is COc1ccc(C(O)Cc2sccc2Br)cc1Br. The van der Waals surface area contributed by atoms with Crippen LogP contribution in [-0.2, 0) is 6.42 Å². The summed E-state index contributed by atoms with van der Waals surface area (Å²) in [5, 5.41) is 12.2. The van der Waals surface area contributed by atoms with E-state index in [1.165, 1.54) is 0 Å². The van der Waals surface area contributed by atoms with Crippen molar-refractivity contribution in [2.45, 2.75) is 12.5 Å². The van der Waals surface area contributed by atoms with E-state index in [-0.39, 0.29) is 0 Å². The first kappa shape index (κ1) is 14.1. The molecule has 0 radical (unpaired) electrons. The third-order valence-electron chi connectivity index (χ3n) is 2.63. The van der Waals surface area contributed by atoms with Crippen molar-refractivity contribution in [3.8, 4) is 5.75 Å². The van der Waals surface area contributed by atoms with Gasteiger partial charge in [-0.15, -0.1) is 11.3 Å². The zero-order valence-corrected chi connectivity index (χ0v) is 13.7. The van der Waals surface area contributed by atoms with E-state index in [0.29, 0.717) is 6.42 Å². The van der Waals surface area contributed by atoms with Gasteiger partial charge in [0.1, 0.15) is 5.75 Å². The topological polar surface area (TPSA) is 29.5 Å². The molecule has 0 bridgehead atoms. The first-order valence-electron chi connectivity index (χ1n) is 5.35. The van der Waals surface area contributed by atoms with Crippen molar-refractivity contribution in [1.82, 2.24) is 0 Å². The summed E-state index contributed by atoms with van der Waals surface area (Å²) in [5.41, 5.74) is 0.878. The molecule has 2 nitrogen and oxygen atoms in total. The maximum absolute atomic E-state index is 10.2. The lowest BCUT2D eigenvalue weighted by Gasteiger charge is -2.12. The van der Waals surface area contributed by atoms with Gasteiger partial charge in [-0.2, -0.15) is 0 Å². The maximum atomic E-state index is 10.2. The Morgan fingerprint density at radius 3 is 2.61 bits per heavy atom. The van der Waals surface area contributed by atoms with Crippen molar-refractivity contribution in [2.75, 3.05) is 7.11 Å². The fraction of sp³-hybridized carbons (Fsp3) is 0.231. The van der Waals surface area contributed by atoms with Crippen LogP contribution in [0.25, 0.3) is 0 Å². The Bertz CT molecular complexity index is 540. The van der Waals surface area contributed by atoms with Crippen LogP contribution in [0.2, 0.25) is 0 Å². The van der Waals surface area contributed by atoms with Crippen LogP contribution in [0.4, 0.5) is 0 Å². The molecule has 0 fully saturated rings. The van der Waals surface area contributed by atoms with Gasteiger partial charge in [0.2, 0.25) is 0 Å². The van der Waals surface area contributed by atoms with Crippen LogP contribution in [0.5, 0.6) is 5.75 Å². The molecule has 0 spiro atoms. The molecular formula is C13H12Br2O2S. The van der Waals surface area contributed by atoms with E-state index in [1.807, 2.05) is 29.6 Å². The third-order valence-corrected chi connectivity index (χ3v) is 5.20. The zero-order chi connectivity index (χ0) is 13.1. The molecule has 0 saturated heterocycles. The molecule has 1 atom stereocenters. The second kappa shape index (κ2) is 6.19. The third kappa shape index (κ3) is 3.15. The van der Waals surface area contributed by atoms with Crippen molar-refractivity contribution >= 4 is 43.2 Å². The quantitative estimate of drug-likeness (QED) is 0.827. The summed E-state index contributed by atoms with van der Waals surface area (Å²) in [5.74, 6) is 0.767. The molecule has 5 heteroatoms. The van der Waals surface area contributed by atoms with Gasteiger partial charge in [0, 0.05) is 15.8 Å². The average Bonchev–Trinajstić information content (AvgIpc) is 2.75. The Balaban J connectivity index is 2.16. The summed E-state index contributed by atoms with van der Waals surface area (Å²) < 4.78 is 7.08. The minimum absolute atomic E-state index is 0.512. The van der Waals surface area contributed by atoms with Gasteiger partial charge in [-0.05, 0) is 61.0 Å². The molecular weight excluding hydrogens is 380 g/mol. The highest BCUT2D eigenvalue weighted by molar-refractivity contribution is 9.10. The van der Waals surface area contributed by atoms with Crippen LogP contribution < -0.4 is 4.74 Å². The molecule has 1 aromatic heterocycles. The standard InChI is InChI=1S/C13H12Br2O2S/c1-17-12-3-2-8(6-10(12)15)11(16)7-13-9(14)4-5-18-13/h2-6,11,16H,7H2,1H3. The van der Waals surface area contributed by atoms with Crippen LogP contribution in [0, 0.1) is 0 Å². The molecule has 0 aliphatic heterocycles. The van der Waals surface area contributed by atoms with Gasteiger partial charge < -0.3 is 9.84 Å².